The molecule has 1 amide bonds. The lowest BCUT2D eigenvalue weighted by molar-refractivity contribution is 0.0637. The second kappa shape index (κ2) is 9.52. The van der Waals surface area contributed by atoms with Gasteiger partial charge < -0.3 is 15.2 Å². The molecule has 1 atom stereocenters. The number of anilines is 1. The Morgan fingerprint density at radius 3 is 2.83 bits per heavy atom. The van der Waals surface area contributed by atoms with Gasteiger partial charge in [-0.05, 0) is 47.9 Å². The molecule has 2 N–H and O–H groups in total. The Balaban J connectivity index is 1.28. The maximum atomic E-state index is 12.4. The van der Waals surface area contributed by atoms with Gasteiger partial charge in [-0.25, -0.2) is 0 Å². The summed E-state index contributed by atoms with van der Waals surface area (Å²) in [4.78, 5) is 18.6. The molecule has 0 bridgehead atoms. The van der Waals surface area contributed by atoms with Crippen LogP contribution in [0.3, 0.4) is 0 Å². The number of carbonyl (C=O) groups is 1. The molecule has 0 saturated carbocycles. The fraction of sp³-hybridized carbons (Fsp3) is 0.250. The Hall–Kier alpha value is -3.22. The molecule has 0 spiro atoms. The number of amides is 1. The number of carbonyl (C=O) groups excluding carboxylic acids is 1. The van der Waals surface area contributed by atoms with Crippen molar-refractivity contribution in [1.29, 1.82) is 0 Å². The van der Waals surface area contributed by atoms with E-state index in [2.05, 4.69) is 39.5 Å². The number of rotatable bonds is 7. The molecular weight excluding hydrogens is 378 g/mol. The van der Waals surface area contributed by atoms with Crippen molar-refractivity contribution in [1.82, 2.24) is 9.88 Å². The number of nitrogens with zero attached hydrogens (tertiary/aromatic N) is 2. The average Bonchev–Trinajstić information content (AvgIpc) is 2.78. The minimum atomic E-state index is -0.608. The molecule has 1 aliphatic heterocycles. The number of aromatic nitrogens is 1. The minimum Gasteiger partial charge on any atom is -0.491 e. The molecule has 1 unspecified atom stereocenters. The summed E-state index contributed by atoms with van der Waals surface area (Å²) in [5.74, 6) is 0.317. The number of nitrogens with one attached hydrogen (secondary N) is 1. The lowest BCUT2D eigenvalue weighted by Gasteiger charge is -2.30. The number of aliphatic hydroxyl groups is 1. The highest BCUT2D eigenvalue weighted by molar-refractivity contribution is 6.04. The van der Waals surface area contributed by atoms with Crippen LogP contribution in [-0.4, -0.2) is 46.7 Å². The second-order valence-electron chi connectivity index (χ2n) is 7.44. The highest BCUT2D eigenvalue weighted by atomic mass is 16.5. The molecule has 6 heteroatoms. The van der Waals surface area contributed by atoms with E-state index >= 15 is 0 Å². The van der Waals surface area contributed by atoms with Crippen LogP contribution in [0.15, 0.2) is 73.1 Å². The number of pyridine rings is 1. The number of β-amino-alcohol motifs (C(OH)–C–C–N with tert-alkyl or cyclic N) is 1. The zero-order valence-electron chi connectivity index (χ0n) is 16.7. The summed E-state index contributed by atoms with van der Waals surface area (Å²) in [6, 6.07) is 18.9. The van der Waals surface area contributed by atoms with E-state index in [4.69, 9.17) is 4.74 Å². The van der Waals surface area contributed by atoms with Gasteiger partial charge >= 0.3 is 0 Å². The minimum absolute atomic E-state index is 0.172. The Labute approximate surface area is 176 Å². The molecule has 0 saturated heterocycles. The van der Waals surface area contributed by atoms with E-state index in [0.29, 0.717) is 23.5 Å². The highest BCUT2D eigenvalue weighted by Gasteiger charge is 2.19. The van der Waals surface area contributed by atoms with Crippen molar-refractivity contribution in [2.75, 3.05) is 25.0 Å². The molecule has 2 aromatic carbocycles. The molecule has 0 aliphatic carbocycles. The first-order valence-electron chi connectivity index (χ1n) is 10.1. The topological polar surface area (TPSA) is 74.7 Å². The van der Waals surface area contributed by atoms with E-state index in [1.807, 2.05) is 0 Å². The van der Waals surface area contributed by atoms with Crippen molar-refractivity contribution in [3.8, 4) is 5.75 Å². The van der Waals surface area contributed by atoms with Gasteiger partial charge in [-0.15, -0.1) is 0 Å². The molecule has 2 heterocycles. The Bertz CT molecular complexity index is 994. The Morgan fingerprint density at radius 1 is 1.13 bits per heavy atom. The molecule has 1 aromatic heterocycles. The summed E-state index contributed by atoms with van der Waals surface area (Å²) in [5.41, 5.74) is 3.83. The van der Waals surface area contributed by atoms with E-state index in [1.54, 1.807) is 48.8 Å². The van der Waals surface area contributed by atoms with Crippen LogP contribution >= 0.6 is 0 Å². The van der Waals surface area contributed by atoms with Crippen LogP contribution in [0, 0.1) is 0 Å². The molecule has 0 radical (unpaired) electrons. The molecule has 1 aliphatic rings. The highest BCUT2D eigenvalue weighted by Crippen LogP contribution is 2.19. The first-order chi connectivity index (χ1) is 14.7. The zero-order valence-corrected chi connectivity index (χ0v) is 16.7. The van der Waals surface area contributed by atoms with E-state index in [0.717, 1.165) is 19.5 Å². The van der Waals surface area contributed by atoms with Gasteiger partial charge in [0.1, 0.15) is 18.5 Å². The lowest BCUT2D eigenvalue weighted by Crippen LogP contribution is -2.38. The van der Waals surface area contributed by atoms with Gasteiger partial charge in [0.15, 0.2) is 0 Å². The first kappa shape index (κ1) is 20.1. The van der Waals surface area contributed by atoms with Crippen LogP contribution in [0.25, 0.3) is 0 Å². The molecular formula is C24H25N3O3. The van der Waals surface area contributed by atoms with Crippen molar-refractivity contribution in [3.05, 3.63) is 89.7 Å². The lowest BCUT2D eigenvalue weighted by atomic mass is 10.00. The van der Waals surface area contributed by atoms with E-state index in [-0.39, 0.29) is 12.5 Å². The number of hydrogen-bond donors (Lipinski definition) is 2. The average molecular weight is 403 g/mol. The Morgan fingerprint density at radius 2 is 2.00 bits per heavy atom. The molecule has 4 rings (SSSR count). The standard InChI is InChI=1S/C24H25N3O3/c28-22(16-27-12-10-18-5-1-2-6-20(18)15-27)17-30-23-9-3-7-19(13-23)24(29)26-21-8-4-11-25-14-21/h1-9,11,13-14,22,28H,10,12,15-17H2,(H,26,29). The number of ether oxygens (including phenoxy) is 1. The molecule has 0 fully saturated rings. The van der Waals surface area contributed by atoms with Gasteiger partial charge in [0.25, 0.3) is 5.91 Å². The molecule has 3 aromatic rings. The van der Waals surface area contributed by atoms with Gasteiger partial charge in [-0.2, -0.15) is 0 Å². The largest absolute Gasteiger partial charge is 0.491 e. The van der Waals surface area contributed by atoms with Crippen molar-refractivity contribution >= 4 is 11.6 Å². The quantitative estimate of drug-likeness (QED) is 0.634. The first-order valence-corrected chi connectivity index (χ1v) is 10.1. The molecule has 30 heavy (non-hydrogen) atoms. The van der Waals surface area contributed by atoms with Crippen molar-refractivity contribution in [3.63, 3.8) is 0 Å². The summed E-state index contributed by atoms with van der Waals surface area (Å²) in [5, 5.41) is 13.2. The van der Waals surface area contributed by atoms with Gasteiger partial charge in [0.05, 0.1) is 11.9 Å². The fourth-order valence-electron chi connectivity index (χ4n) is 3.62. The van der Waals surface area contributed by atoms with Crippen LogP contribution < -0.4 is 10.1 Å². The van der Waals surface area contributed by atoms with E-state index < -0.39 is 6.10 Å². The van der Waals surface area contributed by atoms with Crippen molar-refractivity contribution in [2.24, 2.45) is 0 Å². The zero-order chi connectivity index (χ0) is 20.8. The van der Waals surface area contributed by atoms with Gasteiger partial charge in [-0.3, -0.25) is 14.7 Å². The number of aliphatic hydroxyl groups excluding tert-OH is 1. The summed E-state index contributed by atoms with van der Waals surface area (Å²) in [6.07, 6.45) is 3.63. The van der Waals surface area contributed by atoms with Crippen molar-refractivity contribution < 1.29 is 14.6 Å². The van der Waals surface area contributed by atoms with E-state index in [1.165, 1.54) is 11.1 Å². The van der Waals surface area contributed by atoms with Crippen LogP contribution in [0.1, 0.15) is 21.5 Å². The molecule has 6 nitrogen and oxygen atoms in total. The second-order valence-corrected chi connectivity index (χ2v) is 7.44. The third-order valence-electron chi connectivity index (χ3n) is 5.14. The smallest absolute Gasteiger partial charge is 0.255 e. The monoisotopic (exact) mass is 403 g/mol. The van der Waals surface area contributed by atoms with Gasteiger partial charge in [0.2, 0.25) is 0 Å². The SMILES string of the molecule is O=C(Nc1cccnc1)c1cccc(OCC(O)CN2CCc3ccccc3C2)c1. The molecule has 154 valence electrons. The van der Waals surface area contributed by atoms with Crippen LogP contribution in [0.5, 0.6) is 5.75 Å². The maximum Gasteiger partial charge on any atom is 0.255 e. The van der Waals surface area contributed by atoms with Crippen molar-refractivity contribution in [2.45, 2.75) is 19.1 Å². The van der Waals surface area contributed by atoms with Crippen LogP contribution in [0.4, 0.5) is 5.69 Å². The number of fused-ring (bicyclic) bond motifs is 1. The van der Waals surface area contributed by atoms with Gasteiger partial charge in [0, 0.05) is 31.4 Å². The predicted molar refractivity (Wildman–Crippen MR) is 116 cm³/mol. The van der Waals surface area contributed by atoms with Gasteiger partial charge in [-0.1, -0.05) is 30.3 Å². The predicted octanol–water partition coefficient (Wildman–Crippen LogP) is 3.13. The van der Waals surface area contributed by atoms with E-state index in [9.17, 15) is 9.90 Å². The third-order valence-corrected chi connectivity index (χ3v) is 5.14. The summed E-state index contributed by atoms with van der Waals surface area (Å²) >= 11 is 0. The summed E-state index contributed by atoms with van der Waals surface area (Å²) < 4.78 is 5.75. The fourth-order valence-corrected chi connectivity index (χ4v) is 3.62. The summed E-state index contributed by atoms with van der Waals surface area (Å²) in [7, 11) is 0. The normalized spacial score (nSPS) is 14.6. The van der Waals surface area contributed by atoms with Crippen LogP contribution in [0.2, 0.25) is 0 Å². The third kappa shape index (κ3) is 5.23. The number of hydrogen-bond acceptors (Lipinski definition) is 5. The maximum absolute atomic E-state index is 12.4. The van der Waals surface area contributed by atoms with Crippen LogP contribution in [-0.2, 0) is 13.0 Å². The number of benzene rings is 2. The Kier molecular flexibility index (Phi) is 6.37. The summed E-state index contributed by atoms with van der Waals surface area (Å²) in [6.45, 7) is 2.50.